The molecule has 2 atom stereocenters. The lowest BCUT2D eigenvalue weighted by Crippen LogP contribution is -2.22. The second-order valence-electron chi connectivity index (χ2n) is 4.57. The van der Waals surface area contributed by atoms with Crippen LogP contribution in [-0.4, -0.2) is 20.6 Å². The number of benzene rings is 1. The van der Waals surface area contributed by atoms with Crippen LogP contribution >= 0.6 is 11.3 Å². The van der Waals surface area contributed by atoms with Crippen molar-refractivity contribution in [1.29, 1.82) is 0 Å². The number of H-pyrrole nitrogens is 1. The van der Waals surface area contributed by atoms with Gasteiger partial charge in [0.05, 0.1) is 6.04 Å². The van der Waals surface area contributed by atoms with Gasteiger partial charge in [-0.2, -0.15) is 5.21 Å². The second-order valence-corrected chi connectivity index (χ2v) is 5.68. The predicted molar refractivity (Wildman–Crippen MR) is 76.0 cm³/mol. The molecule has 1 aromatic carbocycles. The summed E-state index contributed by atoms with van der Waals surface area (Å²) < 4.78 is 1.32. The SMILES string of the molecule is CC(NC(C)c1cc2ccccc2s1)c1nn[nH]n1. The molecule has 0 aliphatic rings. The van der Waals surface area contributed by atoms with Gasteiger partial charge >= 0.3 is 0 Å². The van der Waals surface area contributed by atoms with Crippen molar-refractivity contribution in [2.75, 3.05) is 0 Å². The largest absolute Gasteiger partial charge is 0.300 e. The third kappa shape index (κ3) is 2.50. The van der Waals surface area contributed by atoms with Gasteiger partial charge in [0.1, 0.15) is 0 Å². The first-order valence-corrected chi connectivity index (χ1v) is 7.03. The zero-order valence-electron chi connectivity index (χ0n) is 10.8. The van der Waals surface area contributed by atoms with Crippen molar-refractivity contribution in [3.63, 3.8) is 0 Å². The molecule has 5 nitrogen and oxygen atoms in total. The van der Waals surface area contributed by atoms with Crippen molar-refractivity contribution >= 4 is 21.4 Å². The maximum atomic E-state index is 4.00. The van der Waals surface area contributed by atoms with Crippen LogP contribution in [0.1, 0.15) is 36.6 Å². The number of thiophene rings is 1. The molecule has 0 bridgehead atoms. The maximum Gasteiger partial charge on any atom is 0.191 e. The van der Waals surface area contributed by atoms with Gasteiger partial charge in [-0.3, -0.25) is 5.32 Å². The molecule has 0 saturated heterocycles. The van der Waals surface area contributed by atoms with Crippen LogP contribution < -0.4 is 5.32 Å². The van der Waals surface area contributed by atoms with Crippen LogP contribution in [0.25, 0.3) is 10.1 Å². The second kappa shape index (κ2) is 5.07. The predicted octanol–water partition coefficient (Wildman–Crippen LogP) is 2.83. The van der Waals surface area contributed by atoms with E-state index >= 15 is 0 Å². The average molecular weight is 273 g/mol. The molecule has 0 saturated carbocycles. The molecule has 3 aromatic rings. The molecule has 3 rings (SSSR count). The van der Waals surface area contributed by atoms with Gasteiger partial charge < -0.3 is 0 Å². The lowest BCUT2D eigenvalue weighted by atomic mass is 10.2. The van der Waals surface area contributed by atoms with Crippen LogP contribution in [-0.2, 0) is 0 Å². The van der Waals surface area contributed by atoms with Gasteiger partial charge in [0.2, 0.25) is 0 Å². The van der Waals surface area contributed by atoms with Crippen LogP contribution in [0.3, 0.4) is 0 Å². The number of aromatic nitrogens is 4. The minimum absolute atomic E-state index is 0.0685. The first-order chi connectivity index (χ1) is 9.24. The average Bonchev–Trinajstić information content (AvgIpc) is 3.07. The summed E-state index contributed by atoms with van der Waals surface area (Å²) in [6, 6.07) is 11.0. The molecule has 2 N–H and O–H groups in total. The highest BCUT2D eigenvalue weighted by atomic mass is 32.1. The van der Waals surface area contributed by atoms with E-state index < -0.39 is 0 Å². The summed E-state index contributed by atoms with van der Waals surface area (Å²) in [5.41, 5.74) is 0. The van der Waals surface area contributed by atoms with E-state index in [0.717, 1.165) is 0 Å². The van der Waals surface area contributed by atoms with Gasteiger partial charge in [-0.15, -0.1) is 21.5 Å². The first-order valence-electron chi connectivity index (χ1n) is 6.22. The maximum absolute atomic E-state index is 4.00. The number of nitrogens with zero attached hydrogens (tertiary/aromatic N) is 3. The Morgan fingerprint density at radius 2 is 2.05 bits per heavy atom. The van der Waals surface area contributed by atoms with Crippen molar-refractivity contribution in [1.82, 2.24) is 25.9 Å². The van der Waals surface area contributed by atoms with Crippen LogP contribution in [0.15, 0.2) is 30.3 Å². The van der Waals surface area contributed by atoms with Gasteiger partial charge in [-0.05, 0) is 31.4 Å². The molecule has 2 unspecified atom stereocenters. The molecule has 0 amide bonds. The van der Waals surface area contributed by atoms with E-state index in [4.69, 9.17) is 0 Å². The van der Waals surface area contributed by atoms with Crippen LogP contribution in [0.5, 0.6) is 0 Å². The number of hydrogen-bond acceptors (Lipinski definition) is 5. The summed E-state index contributed by atoms with van der Waals surface area (Å²) in [6.07, 6.45) is 0. The third-order valence-corrected chi connectivity index (χ3v) is 4.42. The highest BCUT2D eigenvalue weighted by molar-refractivity contribution is 7.19. The summed E-state index contributed by atoms with van der Waals surface area (Å²) in [7, 11) is 0. The Balaban J connectivity index is 1.78. The van der Waals surface area contributed by atoms with Gasteiger partial charge in [-0.1, -0.05) is 23.4 Å². The molecule has 0 spiro atoms. The van der Waals surface area contributed by atoms with Crippen molar-refractivity contribution in [3.05, 3.63) is 41.0 Å². The third-order valence-electron chi connectivity index (χ3n) is 3.12. The van der Waals surface area contributed by atoms with Crippen LogP contribution in [0, 0.1) is 0 Å². The van der Waals surface area contributed by atoms with Crippen molar-refractivity contribution in [2.45, 2.75) is 25.9 Å². The summed E-state index contributed by atoms with van der Waals surface area (Å²) in [4.78, 5) is 1.32. The highest BCUT2D eigenvalue weighted by Gasteiger charge is 2.16. The van der Waals surface area contributed by atoms with Gasteiger partial charge in [-0.25, -0.2) is 0 Å². The van der Waals surface area contributed by atoms with E-state index in [9.17, 15) is 0 Å². The molecule has 98 valence electrons. The van der Waals surface area contributed by atoms with Gasteiger partial charge in [0.25, 0.3) is 0 Å². The van der Waals surface area contributed by atoms with E-state index in [2.05, 4.69) is 63.2 Å². The molecule has 0 radical (unpaired) electrons. The number of aromatic amines is 1. The Kier molecular flexibility index (Phi) is 3.27. The van der Waals surface area contributed by atoms with E-state index in [1.54, 1.807) is 0 Å². The molecule has 0 fully saturated rings. The van der Waals surface area contributed by atoms with E-state index in [0.29, 0.717) is 5.82 Å². The summed E-state index contributed by atoms with van der Waals surface area (Å²) in [5.74, 6) is 0.688. The fraction of sp³-hybridized carbons (Fsp3) is 0.308. The Hall–Kier alpha value is -1.79. The highest BCUT2D eigenvalue weighted by Crippen LogP contribution is 2.30. The monoisotopic (exact) mass is 273 g/mol. The van der Waals surface area contributed by atoms with E-state index in [-0.39, 0.29) is 12.1 Å². The lowest BCUT2D eigenvalue weighted by molar-refractivity contribution is 0.482. The van der Waals surface area contributed by atoms with Crippen molar-refractivity contribution in [2.24, 2.45) is 0 Å². The van der Waals surface area contributed by atoms with Crippen molar-refractivity contribution < 1.29 is 0 Å². The smallest absolute Gasteiger partial charge is 0.191 e. The molecule has 2 aromatic heterocycles. The first kappa shape index (κ1) is 12.3. The minimum atomic E-state index is 0.0685. The molecule has 0 aliphatic carbocycles. The fourth-order valence-corrected chi connectivity index (χ4v) is 3.18. The lowest BCUT2D eigenvalue weighted by Gasteiger charge is -2.16. The number of nitrogens with one attached hydrogen (secondary N) is 2. The Morgan fingerprint density at radius 1 is 1.21 bits per heavy atom. The molecular formula is C13H15N5S. The van der Waals surface area contributed by atoms with E-state index in [1.165, 1.54) is 15.0 Å². The minimum Gasteiger partial charge on any atom is -0.300 e. The topological polar surface area (TPSA) is 66.5 Å². The molecule has 19 heavy (non-hydrogen) atoms. The standard InChI is InChI=1S/C13H15N5S/c1-8(14-9(2)13-15-17-18-16-13)12-7-10-5-3-4-6-11(10)19-12/h3-9,14H,1-2H3,(H,15,16,17,18). The zero-order valence-corrected chi connectivity index (χ0v) is 11.6. The van der Waals surface area contributed by atoms with E-state index in [1.807, 2.05) is 18.3 Å². The van der Waals surface area contributed by atoms with Gasteiger partial charge in [0.15, 0.2) is 5.82 Å². The fourth-order valence-electron chi connectivity index (χ4n) is 2.10. The molecule has 0 aliphatic heterocycles. The number of hydrogen-bond donors (Lipinski definition) is 2. The molecular weight excluding hydrogens is 258 g/mol. The quantitative estimate of drug-likeness (QED) is 0.767. The van der Waals surface area contributed by atoms with Crippen molar-refractivity contribution in [3.8, 4) is 0 Å². The summed E-state index contributed by atoms with van der Waals surface area (Å²) >= 11 is 1.82. The molecule has 2 heterocycles. The number of fused-ring (bicyclic) bond motifs is 1. The van der Waals surface area contributed by atoms with Crippen LogP contribution in [0.4, 0.5) is 0 Å². The number of tetrazole rings is 1. The Labute approximate surface area is 115 Å². The number of rotatable bonds is 4. The summed E-state index contributed by atoms with van der Waals surface area (Å²) in [5, 5.41) is 18.8. The Morgan fingerprint density at radius 3 is 2.79 bits per heavy atom. The summed E-state index contributed by atoms with van der Waals surface area (Å²) in [6.45, 7) is 4.19. The van der Waals surface area contributed by atoms with Crippen LogP contribution in [0.2, 0.25) is 0 Å². The zero-order chi connectivity index (χ0) is 13.2. The van der Waals surface area contributed by atoms with Gasteiger partial charge in [0, 0.05) is 15.6 Å². The Bertz CT molecular complexity index is 628. The molecule has 6 heteroatoms. The normalized spacial score (nSPS) is 14.6.